The molecule has 0 unspecified atom stereocenters. The van der Waals surface area contributed by atoms with Gasteiger partial charge in [0.05, 0.1) is 0 Å². The zero-order chi connectivity index (χ0) is 11.5. The van der Waals surface area contributed by atoms with Gasteiger partial charge in [-0.15, -0.1) is 0 Å². The van der Waals surface area contributed by atoms with Gasteiger partial charge in [-0.25, -0.2) is 0 Å². The molecule has 1 heterocycles. The van der Waals surface area contributed by atoms with Gasteiger partial charge < -0.3 is 4.90 Å². The molecule has 0 atom stereocenters. The predicted octanol–water partition coefficient (Wildman–Crippen LogP) is 2.85. The number of hydrogen-bond donors (Lipinski definition) is 0. The Kier molecular flexibility index (Phi) is 3.95. The highest BCUT2D eigenvalue weighted by atomic mass is 16.2. The lowest BCUT2D eigenvalue weighted by atomic mass is 9.68. The van der Waals surface area contributed by atoms with Gasteiger partial charge in [-0.3, -0.25) is 4.79 Å². The molecular formula is C13H23NO. The SMILES string of the molecule is C=CC(=O)N1CCC(CC)(C(C)C)CC1. The maximum atomic E-state index is 11.4. The molecule has 0 aliphatic carbocycles. The van der Waals surface area contributed by atoms with Crippen molar-refractivity contribution in [1.29, 1.82) is 0 Å². The van der Waals surface area contributed by atoms with Crippen LogP contribution in [-0.4, -0.2) is 23.9 Å². The van der Waals surface area contributed by atoms with Gasteiger partial charge in [0.25, 0.3) is 0 Å². The standard InChI is InChI=1S/C13H23NO/c1-5-12(15)14-9-7-13(6-2,8-10-14)11(3)4/h5,11H,1,6-10H2,2-4H3. The van der Waals surface area contributed by atoms with Crippen LogP contribution in [0.3, 0.4) is 0 Å². The molecule has 0 saturated carbocycles. The second-order valence-corrected chi connectivity index (χ2v) is 4.90. The van der Waals surface area contributed by atoms with E-state index < -0.39 is 0 Å². The quantitative estimate of drug-likeness (QED) is 0.654. The molecule has 86 valence electrons. The third-order valence-electron chi connectivity index (χ3n) is 4.17. The lowest BCUT2D eigenvalue weighted by Gasteiger charge is -2.44. The molecule has 0 N–H and O–H groups in total. The highest BCUT2D eigenvalue weighted by Crippen LogP contribution is 2.41. The number of hydrogen-bond acceptors (Lipinski definition) is 1. The van der Waals surface area contributed by atoms with Crippen LogP contribution < -0.4 is 0 Å². The summed E-state index contributed by atoms with van der Waals surface area (Å²) >= 11 is 0. The van der Waals surface area contributed by atoms with Gasteiger partial charge in [-0.05, 0) is 30.3 Å². The Morgan fingerprint density at radius 1 is 1.47 bits per heavy atom. The molecular weight excluding hydrogens is 186 g/mol. The lowest BCUT2D eigenvalue weighted by molar-refractivity contribution is -0.128. The van der Waals surface area contributed by atoms with Crippen LogP contribution in [0.25, 0.3) is 0 Å². The van der Waals surface area contributed by atoms with Crippen LogP contribution in [0.2, 0.25) is 0 Å². The zero-order valence-electron chi connectivity index (χ0n) is 10.3. The monoisotopic (exact) mass is 209 g/mol. The van der Waals surface area contributed by atoms with Gasteiger partial charge in [0.2, 0.25) is 5.91 Å². The highest BCUT2D eigenvalue weighted by molar-refractivity contribution is 5.87. The van der Waals surface area contributed by atoms with Crippen molar-refractivity contribution >= 4 is 5.91 Å². The van der Waals surface area contributed by atoms with E-state index in [1.165, 1.54) is 12.5 Å². The normalized spacial score (nSPS) is 20.4. The van der Waals surface area contributed by atoms with E-state index in [9.17, 15) is 4.79 Å². The number of nitrogens with zero attached hydrogens (tertiary/aromatic N) is 1. The van der Waals surface area contributed by atoms with Gasteiger partial charge in [-0.2, -0.15) is 0 Å². The summed E-state index contributed by atoms with van der Waals surface area (Å²) in [6, 6.07) is 0. The third-order valence-corrected chi connectivity index (χ3v) is 4.17. The summed E-state index contributed by atoms with van der Waals surface area (Å²) in [6.07, 6.45) is 4.93. The largest absolute Gasteiger partial charge is 0.339 e. The molecule has 2 nitrogen and oxygen atoms in total. The van der Waals surface area contributed by atoms with Crippen molar-refractivity contribution in [3.05, 3.63) is 12.7 Å². The van der Waals surface area contributed by atoms with E-state index in [-0.39, 0.29) is 5.91 Å². The first-order valence-corrected chi connectivity index (χ1v) is 5.97. The van der Waals surface area contributed by atoms with Crippen molar-refractivity contribution < 1.29 is 4.79 Å². The minimum Gasteiger partial charge on any atom is -0.339 e. The molecule has 0 aromatic heterocycles. The Bertz CT molecular complexity index is 237. The van der Waals surface area contributed by atoms with E-state index in [4.69, 9.17) is 0 Å². The van der Waals surface area contributed by atoms with Gasteiger partial charge in [0.1, 0.15) is 0 Å². The molecule has 0 aromatic rings. The summed E-state index contributed by atoms with van der Waals surface area (Å²) in [7, 11) is 0. The Morgan fingerprint density at radius 2 is 2.00 bits per heavy atom. The fourth-order valence-corrected chi connectivity index (χ4v) is 2.64. The molecule has 1 rings (SSSR count). The Morgan fingerprint density at radius 3 is 2.33 bits per heavy atom. The zero-order valence-corrected chi connectivity index (χ0v) is 10.3. The van der Waals surface area contributed by atoms with Crippen LogP contribution in [0.1, 0.15) is 40.0 Å². The number of amides is 1. The maximum absolute atomic E-state index is 11.4. The molecule has 1 amide bonds. The summed E-state index contributed by atoms with van der Waals surface area (Å²) in [6.45, 7) is 12.2. The molecule has 0 radical (unpaired) electrons. The Balaban J connectivity index is 2.61. The predicted molar refractivity (Wildman–Crippen MR) is 63.6 cm³/mol. The second-order valence-electron chi connectivity index (χ2n) is 4.90. The molecule has 0 spiro atoms. The van der Waals surface area contributed by atoms with Crippen LogP contribution >= 0.6 is 0 Å². The number of carbonyl (C=O) groups is 1. The topological polar surface area (TPSA) is 20.3 Å². The molecule has 1 aliphatic rings. The number of likely N-dealkylation sites (tertiary alicyclic amines) is 1. The van der Waals surface area contributed by atoms with Crippen molar-refractivity contribution in [1.82, 2.24) is 4.90 Å². The fraction of sp³-hybridized carbons (Fsp3) is 0.769. The van der Waals surface area contributed by atoms with Crippen molar-refractivity contribution in [3.63, 3.8) is 0 Å². The summed E-state index contributed by atoms with van der Waals surface area (Å²) in [4.78, 5) is 13.4. The van der Waals surface area contributed by atoms with E-state index in [1.54, 1.807) is 0 Å². The first-order chi connectivity index (χ1) is 7.05. The Labute approximate surface area is 93.3 Å². The van der Waals surface area contributed by atoms with E-state index in [1.807, 2.05) is 4.90 Å². The maximum Gasteiger partial charge on any atom is 0.245 e. The van der Waals surface area contributed by atoms with Crippen LogP contribution in [-0.2, 0) is 4.79 Å². The number of piperidine rings is 1. The van der Waals surface area contributed by atoms with Gasteiger partial charge in [0, 0.05) is 13.1 Å². The summed E-state index contributed by atoms with van der Waals surface area (Å²) in [5, 5.41) is 0. The van der Waals surface area contributed by atoms with Crippen LogP contribution in [0.5, 0.6) is 0 Å². The lowest BCUT2D eigenvalue weighted by Crippen LogP contribution is -2.44. The second kappa shape index (κ2) is 4.82. The molecule has 1 aliphatic heterocycles. The van der Waals surface area contributed by atoms with Crippen LogP contribution in [0, 0.1) is 11.3 Å². The van der Waals surface area contributed by atoms with E-state index in [0.29, 0.717) is 11.3 Å². The average Bonchev–Trinajstić information content (AvgIpc) is 2.28. The summed E-state index contributed by atoms with van der Waals surface area (Å²) in [5.74, 6) is 0.798. The summed E-state index contributed by atoms with van der Waals surface area (Å²) < 4.78 is 0. The van der Waals surface area contributed by atoms with E-state index in [0.717, 1.165) is 25.9 Å². The number of carbonyl (C=O) groups excluding carboxylic acids is 1. The minimum absolute atomic E-state index is 0.0865. The van der Waals surface area contributed by atoms with Gasteiger partial charge >= 0.3 is 0 Å². The van der Waals surface area contributed by atoms with Crippen LogP contribution in [0.4, 0.5) is 0 Å². The van der Waals surface area contributed by atoms with Crippen molar-refractivity contribution in [2.45, 2.75) is 40.0 Å². The van der Waals surface area contributed by atoms with Crippen molar-refractivity contribution in [3.8, 4) is 0 Å². The van der Waals surface area contributed by atoms with E-state index >= 15 is 0 Å². The number of rotatable bonds is 3. The summed E-state index contributed by atoms with van der Waals surface area (Å²) in [5.41, 5.74) is 0.456. The molecule has 0 bridgehead atoms. The fourth-order valence-electron chi connectivity index (χ4n) is 2.64. The molecule has 0 aromatic carbocycles. The third kappa shape index (κ3) is 2.42. The van der Waals surface area contributed by atoms with Gasteiger partial charge in [-0.1, -0.05) is 33.8 Å². The first kappa shape index (κ1) is 12.3. The molecule has 2 heteroatoms. The van der Waals surface area contributed by atoms with Crippen molar-refractivity contribution in [2.24, 2.45) is 11.3 Å². The van der Waals surface area contributed by atoms with Gasteiger partial charge in [0.15, 0.2) is 0 Å². The van der Waals surface area contributed by atoms with E-state index in [2.05, 4.69) is 27.4 Å². The van der Waals surface area contributed by atoms with Crippen molar-refractivity contribution in [2.75, 3.05) is 13.1 Å². The molecule has 15 heavy (non-hydrogen) atoms. The van der Waals surface area contributed by atoms with Crippen LogP contribution in [0.15, 0.2) is 12.7 Å². The average molecular weight is 209 g/mol. The Hall–Kier alpha value is -0.790. The molecule has 1 saturated heterocycles. The first-order valence-electron chi connectivity index (χ1n) is 5.97. The highest BCUT2D eigenvalue weighted by Gasteiger charge is 2.36. The smallest absolute Gasteiger partial charge is 0.245 e. The molecule has 1 fully saturated rings. The minimum atomic E-state index is 0.0865.